The number of oxazole rings is 1. The van der Waals surface area contributed by atoms with Crippen molar-refractivity contribution in [1.82, 2.24) is 15.0 Å². The van der Waals surface area contributed by atoms with E-state index in [2.05, 4.69) is 15.0 Å². The third kappa shape index (κ3) is 3.58. The Balaban J connectivity index is 1.70. The summed E-state index contributed by atoms with van der Waals surface area (Å²) in [5.41, 5.74) is 1.39. The molecule has 29 heavy (non-hydrogen) atoms. The average molecular weight is 401 g/mol. The first-order valence-corrected chi connectivity index (χ1v) is 8.50. The second-order valence-electron chi connectivity index (χ2n) is 6.42. The lowest BCUT2D eigenvalue weighted by atomic mass is 10.1. The molecule has 148 valence electrons. The van der Waals surface area contributed by atoms with E-state index in [9.17, 15) is 18.3 Å². The summed E-state index contributed by atoms with van der Waals surface area (Å²) in [6.45, 7) is 3.50. The predicted molar refractivity (Wildman–Crippen MR) is 97.7 cm³/mol. The van der Waals surface area contributed by atoms with Crippen LogP contribution in [-0.4, -0.2) is 20.1 Å². The van der Waals surface area contributed by atoms with E-state index in [1.807, 2.05) is 0 Å². The highest BCUT2D eigenvalue weighted by atomic mass is 19.4. The molecule has 0 spiro atoms. The van der Waals surface area contributed by atoms with Crippen LogP contribution in [-0.2, 0) is 6.18 Å². The molecule has 0 fully saturated rings. The molecule has 0 aliphatic rings. The van der Waals surface area contributed by atoms with E-state index in [1.165, 1.54) is 24.4 Å². The Labute approximate surface area is 162 Å². The van der Waals surface area contributed by atoms with E-state index in [4.69, 9.17) is 9.15 Å². The van der Waals surface area contributed by atoms with Crippen LogP contribution in [0.2, 0.25) is 0 Å². The van der Waals surface area contributed by atoms with Gasteiger partial charge >= 0.3 is 12.2 Å². The second kappa shape index (κ2) is 6.77. The molecular weight excluding hydrogens is 387 g/mol. The minimum atomic E-state index is -4.57. The fraction of sp³-hybridized carbons (Fsp3) is 0.150. The molecular formula is C20H14F3N3O3. The third-order valence-corrected chi connectivity index (χ3v) is 4.26. The monoisotopic (exact) mass is 401 g/mol. The van der Waals surface area contributed by atoms with Gasteiger partial charge in [-0.15, -0.1) is 0 Å². The average Bonchev–Trinajstić information content (AvgIpc) is 3.09. The Bertz CT molecular complexity index is 1200. The molecule has 0 amide bonds. The Morgan fingerprint density at radius 1 is 1.03 bits per heavy atom. The van der Waals surface area contributed by atoms with Gasteiger partial charge in [0, 0.05) is 5.56 Å². The van der Waals surface area contributed by atoms with Gasteiger partial charge in [-0.1, -0.05) is 12.1 Å². The standard InChI is InChI=1S/C20H14F3N3O3/c1-10-7-12(8-11(2)16(10)27)17-25-14-9-24-19(26-18(14)29-17)28-15-6-4-3-5-13(15)20(21,22)23/h3-9,27H,1-2H3. The summed E-state index contributed by atoms with van der Waals surface area (Å²) in [6, 6.07) is 7.90. The van der Waals surface area contributed by atoms with E-state index in [1.54, 1.807) is 26.0 Å². The van der Waals surface area contributed by atoms with Crippen LogP contribution in [0, 0.1) is 13.8 Å². The molecule has 0 unspecified atom stereocenters. The minimum absolute atomic E-state index is 0.0675. The highest BCUT2D eigenvalue weighted by Gasteiger charge is 2.34. The van der Waals surface area contributed by atoms with Gasteiger partial charge in [-0.2, -0.15) is 18.2 Å². The summed E-state index contributed by atoms with van der Waals surface area (Å²) in [5, 5.41) is 9.90. The summed E-state index contributed by atoms with van der Waals surface area (Å²) in [5.74, 6) is 0.0147. The first-order chi connectivity index (χ1) is 13.7. The van der Waals surface area contributed by atoms with Crippen molar-refractivity contribution in [3.05, 3.63) is 59.3 Å². The van der Waals surface area contributed by atoms with Gasteiger partial charge in [0.15, 0.2) is 0 Å². The fourth-order valence-corrected chi connectivity index (χ4v) is 2.86. The summed E-state index contributed by atoms with van der Waals surface area (Å²) >= 11 is 0. The van der Waals surface area contributed by atoms with Crippen molar-refractivity contribution >= 4 is 11.2 Å². The van der Waals surface area contributed by atoms with Gasteiger partial charge < -0.3 is 14.3 Å². The Morgan fingerprint density at radius 2 is 1.72 bits per heavy atom. The number of fused-ring (bicyclic) bond motifs is 1. The van der Waals surface area contributed by atoms with Gasteiger partial charge in [-0.05, 0) is 49.2 Å². The van der Waals surface area contributed by atoms with Crippen LogP contribution in [0.4, 0.5) is 13.2 Å². The molecule has 6 nitrogen and oxygen atoms in total. The van der Waals surface area contributed by atoms with Crippen molar-refractivity contribution in [2.75, 3.05) is 0 Å². The van der Waals surface area contributed by atoms with Crippen LogP contribution in [0.5, 0.6) is 17.5 Å². The zero-order valence-electron chi connectivity index (χ0n) is 15.3. The minimum Gasteiger partial charge on any atom is -0.507 e. The number of phenols is 1. The number of ether oxygens (including phenoxy) is 1. The van der Waals surface area contributed by atoms with Gasteiger partial charge in [0.25, 0.3) is 5.71 Å². The number of phenolic OH excluding ortho intramolecular Hbond substituents is 1. The molecule has 0 radical (unpaired) electrons. The molecule has 0 saturated carbocycles. The van der Waals surface area contributed by atoms with Crippen molar-refractivity contribution < 1.29 is 27.4 Å². The SMILES string of the molecule is Cc1cc(-c2nc3cnc(Oc4ccccc4C(F)(F)F)nc3o2)cc(C)c1O. The van der Waals surface area contributed by atoms with Crippen molar-refractivity contribution in [2.45, 2.75) is 20.0 Å². The van der Waals surface area contributed by atoms with Crippen LogP contribution < -0.4 is 4.74 Å². The number of rotatable bonds is 3. The van der Waals surface area contributed by atoms with Crippen LogP contribution in [0.3, 0.4) is 0 Å². The molecule has 0 saturated heterocycles. The number of hydrogen-bond acceptors (Lipinski definition) is 6. The van der Waals surface area contributed by atoms with Gasteiger partial charge in [0.05, 0.1) is 11.8 Å². The van der Waals surface area contributed by atoms with Crippen LogP contribution >= 0.6 is 0 Å². The molecule has 4 rings (SSSR count). The summed E-state index contributed by atoms with van der Waals surface area (Å²) < 4.78 is 50.2. The molecule has 4 aromatic rings. The number of aryl methyl sites for hydroxylation is 2. The maximum Gasteiger partial charge on any atom is 0.419 e. The Hall–Kier alpha value is -3.62. The second-order valence-corrected chi connectivity index (χ2v) is 6.42. The van der Waals surface area contributed by atoms with Crippen LogP contribution in [0.15, 0.2) is 47.0 Å². The summed E-state index contributed by atoms with van der Waals surface area (Å²) in [7, 11) is 0. The number of aromatic nitrogens is 3. The van der Waals surface area contributed by atoms with Gasteiger partial charge in [0.2, 0.25) is 5.89 Å². The predicted octanol–water partition coefficient (Wildman–Crippen LogP) is 5.42. The maximum atomic E-state index is 13.1. The normalized spacial score (nSPS) is 11.8. The van der Waals surface area contributed by atoms with E-state index in [0.29, 0.717) is 22.2 Å². The maximum absolute atomic E-state index is 13.1. The first kappa shape index (κ1) is 18.7. The van der Waals surface area contributed by atoms with E-state index < -0.39 is 17.5 Å². The number of benzene rings is 2. The number of hydrogen-bond donors (Lipinski definition) is 1. The Kier molecular flexibility index (Phi) is 4.37. The van der Waals surface area contributed by atoms with Gasteiger partial charge in [-0.25, -0.2) is 9.97 Å². The zero-order chi connectivity index (χ0) is 20.8. The fourth-order valence-electron chi connectivity index (χ4n) is 2.86. The molecule has 2 aromatic heterocycles. The van der Waals surface area contributed by atoms with Gasteiger partial charge in [0.1, 0.15) is 17.0 Å². The Morgan fingerprint density at radius 3 is 2.41 bits per heavy atom. The lowest BCUT2D eigenvalue weighted by Gasteiger charge is -2.11. The summed E-state index contributed by atoms with van der Waals surface area (Å²) in [6.07, 6.45) is -3.27. The lowest BCUT2D eigenvalue weighted by molar-refractivity contribution is -0.138. The van der Waals surface area contributed by atoms with E-state index in [0.717, 1.165) is 6.07 Å². The largest absolute Gasteiger partial charge is 0.507 e. The first-order valence-electron chi connectivity index (χ1n) is 8.50. The highest BCUT2D eigenvalue weighted by molar-refractivity contribution is 5.72. The molecule has 0 aliphatic heterocycles. The van der Waals surface area contributed by atoms with Crippen molar-refractivity contribution in [1.29, 1.82) is 0 Å². The number of halogens is 3. The molecule has 0 atom stereocenters. The smallest absolute Gasteiger partial charge is 0.419 e. The third-order valence-electron chi connectivity index (χ3n) is 4.26. The molecule has 0 bridgehead atoms. The van der Waals surface area contributed by atoms with Crippen LogP contribution in [0.1, 0.15) is 16.7 Å². The van der Waals surface area contributed by atoms with E-state index in [-0.39, 0.29) is 23.4 Å². The topological polar surface area (TPSA) is 81.3 Å². The quantitative estimate of drug-likeness (QED) is 0.494. The number of nitrogens with zero attached hydrogens (tertiary/aromatic N) is 3. The zero-order valence-corrected chi connectivity index (χ0v) is 15.3. The van der Waals surface area contributed by atoms with Crippen molar-refractivity contribution in [3.8, 4) is 29.0 Å². The van der Waals surface area contributed by atoms with E-state index >= 15 is 0 Å². The molecule has 2 heterocycles. The molecule has 1 N–H and O–H groups in total. The number of aromatic hydroxyl groups is 1. The molecule has 2 aromatic carbocycles. The summed E-state index contributed by atoms with van der Waals surface area (Å²) in [4.78, 5) is 12.2. The molecule has 0 aliphatic carbocycles. The number of alkyl halides is 3. The van der Waals surface area contributed by atoms with Gasteiger partial charge in [-0.3, -0.25) is 0 Å². The van der Waals surface area contributed by atoms with Crippen LogP contribution in [0.25, 0.3) is 22.7 Å². The lowest BCUT2D eigenvalue weighted by Crippen LogP contribution is -2.07. The molecule has 9 heteroatoms. The highest BCUT2D eigenvalue weighted by Crippen LogP contribution is 2.37. The van der Waals surface area contributed by atoms with Crippen molar-refractivity contribution in [2.24, 2.45) is 0 Å². The number of para-hydroxylation sites is 1. The van der Waals surface area contributed by atoms with Crippen molar-refractivity contribution in [3.63, 3.8) is 0 Å².